The fourth-order valence-electron chi connectivity index (χ4n) is 3.00. The molecule has 0 aliphatic carbocycles. The lowest BCUT2D eigenvalue weighted by atomic mass is 9.97. The predicted octanol–water partition coefficient (Wildman–Crippen LogP) is 2.51. The van der Waals surface area contributed by atoms with Crippen LogP contribution in [0.4, 0.5) is 13.2 Å². The second kappa shape index (κ2) is 5.95. The summed E-state index contributed by atoms with van der Waals surface area (Å²) in [6, 6.07) is 0. The summed E-state index contributed by atoms with van der Waals surface area (Å²) in [5.74, 6) is 1.48. The number of piperidine rings is 1. The number of hydrogen-bond donors (Lipinski definition) is 0. The zero-order chi connectivity index (χ0) is 16.6. The molecule has 0 N–H and O–H groups in total. The van der Waals surface area contributed by atoms with E-state index in [-0.39, 0.29) is 5.92 Å². The van der Waals surface area contributed by atoms with Crippen LogP contribution in [0.25, 0.3) is 0 Å². The third-order valence-corrected chi connectivity index (χ3v) is 4.00. The minimum absolute atomic E-state index is 0.0335. The normalized spacial score (nSPS) is 20.1. The Hall–Kier alpha value is -1.90. The topological polar surface area (TPSA) is 60.0 Å². The van der Waals surface area contributed by atoms with E-state index in [4.69, 9.17) is 4.42 Å². The summed E-state index contributed by atoms with van der Waals surface area (Å²) >= 11 is 0. The van der Waals surface area contributed by atoms with E-state index in [1.165, 1.54) is 4.57 Å². The second-order valence-electron chi connectivity index (χ2n) is 5.88. The first-order chi connectivity index (χ1) is 10.8. The fourth-order valence-corrected chi connectivity index (χ4v) is 3.00. The summed E-state index contributed by atoms with van der Waals surface area (Å²) in [6.07, 6.45) is -1.64. The van der Waals surface area contributed by atoms with Crippen molar-refractivity contribution < 1.29 is 17.6 Å². The molecule has 2 aromatic heterocycles. The molecule has 126 valence electrons. The minimum atomic E-state index is -4.41. The van der Waals surface area contributed by atoms with E-state index in [0.29, 0.717) is 30.7 Å². The monoisotopic (exact) mass is 329 g/mol. The number of aryl methyl sites for hydroxylation is 2. The van der Waals surface area contributed by atoms with Crippen LogP contribution >= 0.6 is 0 Å². The molecule has 1 aliphatic heterocycles. The number of likely N-dealkylation sites (tertiary alicyclic amines) is 1. The van der Waals surface area contributed by atoms with Gasteiger partial charge in [-0.3, -0.25) is 4.90 Å². The molecule has 0 bridgehead atoms. The molecule has 0 amide bonds. The highest BCUT2D eigenvalue weighted by molar-refractivity contribution is 5.12. The molecule has 0 aromatic carbocycles. The molecule has 0 radical (unpaired) electrons. The van der Waals surface area contributed by atoms with Crippen LogP contribution in [0.5, 0.6) is 0 Å². The number of alkyl halides is 3. The van der Waals surface area contributed by atoms with Gasteiger partial charge in [0.25, 0.3) is 0 Å². The van der Waals surface area contributed by atoms with Crippen LogP contribution in [0.2, 0.25) is 0 Å². The maximum Gasteiger partial charge on any atom is 0.434 e. The van der Waals surface area contributed by atoms with E-state index >= 15 is 0 Å². The first kappa shape index (κ1) is 16.0. The highest BCUT2D eigenvalue weighted by atomic mass is 19.4. The molecule has 6 nitrogen and oxygen atoms in total. The Balaban J connectivity index is 1.72. The zero-order valence-corrected chi connectivity index (χ0v) is 13.0. The lowest BCUT2D eigenvalue weighted by molar-refractivity contribution is -0.141. The largest absolute Gasteiger partial charge is 0.434 e. The van der Waals surface area contributed by atoms with E-state index in [1.807, 2.05) is 0 Å². The Kier molecular flexibility index (Phi) is 4.13. The summed E-state index contributed by atoms with van der Waals surface area (Å²) in [4.78, 5) is 5.92. The molecular weight excluding hydrogens is 311 g/mol. The highest BCUT2D eigenvalue weighted by Crippen LogP contribution is 2.32. The SMILES string of the molecule is Cc1nnc(CN2CCCC(c3nc(C(F)(F)F)cn3C)C2)o1. The Morgan fingerprint density at radius 2 is 2.13 bits per heavy atom. The third-order valence-electron chi connectivity index (χ3n) is 4.00. The molecule has 1 aliphatic rings. The number of halogens is 3. The molecule has 1 fully saturated rings. The summed E-state index contributed by atoms with van der Waals surface area (Å²) in [6.45, 7) is 3.72. The number of hydrogen-bond acceptors (Lipinski definition) is 5. The lowest BCUT2D eigenvalue weighted by Crippen LogP contribution is -2.34. The van der Waals surface area contributed by atoms with Gasteiger partial charge >= 0.3 is 6.18 Å². The fraction of sp³-hybridized carbons (Fsp3) is 0.643. The van der Waals surface area contributed by atoms with Gasteiger partial charge in [0, 0.05) is 32.6 Å². The van der Waals surface area contributed by atoms with E-state index < -0.39 is 11.9 Å². The van der Waals surface area contributed by atoms with Crippen LogP contribution in [0.3, 0.4) is 0 Å². The lowest BCUT2D eigenvalue weighted by Gasteiger charge is -2.31. The van der Waals surface area contributed by atoms with E-state index in [2.05, 4.69) is 20.1 Å². The van der Waals surface area contributed by atoms with Crippen molar-refractivity contribution in [3.63, 3.8) is 0 Å². The molecule has 1 unspecified atom stereocenters. The highest BCUT2D eigenvalue weighted by Gasteiger charge is 2.36. The molecule has 2 aromatic rings. The summed E-state index contributed by atoms with van der Waals surface area (Å²) in [7, 11) is 1.61. The zero-order valence-electron chi connectivity index (χ0n) is 13.0. The Morgan fingerprint density at radius 1 is 1.35 bits per heavy atom. The molecule has 0 saturated carbocycles. The van der Waals surface area contributed by atoms with Crippen molar-refractivity contribution in [3.8, 4) is 0 Å². The van der Waals surface area contributed by atoms with Gasteiger partial charge in [-0.05, 0) is 19.4 Å². The van der Waals surface area contributed by atoms with Gasteiger partial charge in [-0.25, -0.2) is 4.98 Å². The van der Waals surface area contributed by atoms with Crippen molar-refractivity contribution >= 4 is 0 Å². The molecule has 3 heterocycles. The summed E-state index contributed by atoms with van der Waals surface area (Å²) < 4.78 is 45.2. The molecule has 1 atom stereocenters. The maximum absolute atomic E-state index is 12.8. The van der Waals surface area contributed by atoms with Crippen LogP contribution in [-0.4, -0.2) is 37.7 Å². The van der Waals surface area contributed by atoms with Crippen LogP contribution in [0.1, 0.15) is 42.1 Å². The van der Waals surface area contributed by atoms with Crippen molar-refractivity contribution in [1.82, 2.24) is 24.6 Å². The first-order valence-corrected chi connectivity index (χ1v) is 7.44. The van der Waals surface area contributed by atoms with Crippen molar-refractivity contribution in [2.24, 2.45) is 7.05 Å². The Bertz CT molecular complexity index is 678. The van der Waals surface area contributed by atoms with E-state index in [0.717, 1.165) is 25.6 Å². The van der Waals surface area contributed by atoms with Crippen molar-refractivity contribution in [3.05, 3.63) is 29.5 Å². The van der Waals surface area contributed by atoms with Gasteiger partial charge in [-0.2, -0.15) is 13.2 Å². The number of imidazole rings is 1. The second-order valence-corrected chi connectivity index (χ2v) is 5.88. The average molecular weight is 329 g/mol. The van der Waals surface area contributed by atoms with Gasteiger partial charge in [0.2, 0.25) is 11.8 Å². The Labute approximate surface area is 131 Å². The van der Waals surface area contributed by atoms with E-state index in [9.17, 15) is 13.2 Å². The van der Waals surface area contributed by atoms with E-state index in [1.54, 1.807) is 14.0 Å². The quantitative estimate of drug-likeness (QED) is 0.866. The third kappa shape index (κ3) is 3.54. The predicted molar refractivity (Wildman–Crippen MR) is 74.5 cm³/mol. The molecule has 1 saturated heterocycles. The first-order valence-electron chi connectivity index (χ1n) is 7.44. The smallest absolute Gasteiger partial charge is 0.424 e. The minimum Gasteiger partial charge on any atom is -0.424 e. The maximum atomic E-state index is 12.8. The van der Waals surface area contributed by atoms with Crippen LogP contribution < -0.4 is 0 Å². The summed E-state index contributed by atoms with van der Waals surface area (Å²) in [5.41, 5.74) is -0.834. The van der Waals surface area contributed by atoms with Crippen molar-refractivity contribution in [2.45, 2.75) is 38.4 Å². The van der Waals surface area contributed by atoms with Gasteiger partial charge < -0.3 is 8.98 Å². The number of nitrogens with zero attached hydrogens (tertiary/aromatic N) is 5. The van der Waals surface area contributed by atoms with Crippen molar-refractivity contribution in [1.29, 1.82) is 0 Å². The average Bonchev–Trinajstić information content (AvgIpc) is 3.05. The van der Waals surface area contributed by atoms with Gasteiger partial charge in [0.1, 0.15) is 5.82 Å². The van der Waals surface area contributed by atoms with Gasteiger partial charge in [0.15, 0.2) is 5.69 Å². The van der Waals surface area contributed by atoms with Crippen LogP contribution in [0.15, 0.2) is 10.6 Å². The molecule has 3 rings (SSSR count). The molecular formula is C14H18F3N5O. The van der Waals surface area contributed by atoms with Crippen molar-refractivity contribution in [2.75, 3.05) is 13.1 Å². The Morgan fingerprint density at radius 3 is 2.74 bits per heavy atom. The molecule has 9 heteroatoms. The van der Waals surface area contributed by atoms with Gasteiger partial charge in [-0.1, -0.05) is 0 Å². The standard InChI is InChI=1S/C14H18F3N5O/c1-9-19-20-12(23-9)8-22-5-3-4-10(6-22)13-18-11(7-21(13)2)14(15,16)17/h7,10H,3-6,8H2,1-2H3. The van der Waals surface area contributed by atoms with Crippen LogP contribution in [0, 0.1) is 6.92 Å². The number of rotatable bonds is 3. The van der Waals surface area contributed by atoms with Gasteiger partial charge in [-0.15, -0.1) is 10.2 Å². The van der Waals surface area contributed by atoms with Gasteiger partial charge in [0.05, 0.1) is 6.54 Å². The summed E-state index contributed by atoms with van der Waals surface area (Å²) in [5, 5.41) is 7.75. The molecule has 23 heavy (non-hydrogen) atoms. The number of aromatic nitrogens is 4. The molecule has 0 spiro atoms. The van der Waals surface area contributed by atoms with Crippen LogP contribution in [-0.2, 0) is 19.8 Å².